The molecule has 0 fully saturated rings. The molecule has 0 atom stereocenters. The van der Waals surface area contributed by atoms with Crippen molar-refractivity contribution in [3.05, 3.63) is 64.4 Å². The average Bonchev–Trinajstić information content (AvgIpc) is 2.65. The van der Waals surface area contributed by atoms with E-state index in [0.29, 0.717) is 0 Å². The van der Waals surface area contributed by atoms with Crippen LogP contribution in [0.4, 0.5) is 4.39 Å². The highest BCUT2D eigenvalue weighted by atomic mass is 19.1. The van der Waals surface area contributed by atoms with Crippen molar-refractivity contribution in [3.8, 4) is 11.3 Å². The third kappa shape index (κ3) is 2.34. The molecule has 1 aliphatic rings. The SMILES string of the molecule is Cc1cc(-c2ccc(F)cc2)nc2c1=CCC=CC=2. The predicted molar refractivity (Wildman–Crippen MR) is 76.3 cm³/mol. The molecule has 94 valence electrons. The van der Waals surface area contributed by atoms with E-state index in [9.17, 15) is 4.39 Å². The van der Waals surface area contributed by atoms with Gasteiger partial charge in [0.1, 0.15) is 5.82 Å². The molecule has 19 heavy (non-hydrogen) atoms. The van der Waals surface area contributed by atoms with Crippen molar-refractivity contribution in [1.29, 1.82) is 0 Å². The zero-order valence-corrected chi connectivity index (χ0v) is 10.7. The zero-order chi connectivity index (χ0) is 13.2. The van der Waals surface area contributed by atoms with E-state index in [2.05, 4.69) is 30.1 Å². The Hall–Kier alpha value is -2.22. The fourth-order valence-corrected chi connectivity index (χ4v) is 2.29. The van der Waals surface area contributed by atoms with Gasteiger partial charge in [-0.1, -0.05) is 18.2 Å². The van der Waals surface area contributed by atoms with Crippen LogP contribution in [0.25, 0.3) is 23.4 Å². The fourth-order valence-electron chi connectivity index (χ4n) is 2.29. The number of benzene rings is 1. The number of hydrogen-bond donors (Lipinski definition) is 0. The largest absolute Gasteiger partial charge is 0.248 e. The number of aryl methyl sites for hydroxylation is 1. The minimum absolute atomic E-state index is 0.224. The van der Waals surface area contributed by atoms with Crippen molar-refractivity contribution in [1.82, 2.24) is 4.98 Å². The average molecular weight is 251 g/mol. The quantitative estimate of drug-likeness (QED) is 0.759. The lowest BCUT2D eigenvalue weighted by Gasteiger charge is -2.04. The number of pyridine rings is 1. The van der Waals surface area contributed by atoms with Gasteiger partial charge in [-0.2, -0.15) is 0 Å². The first-order valence-corrected chi connectivity index (χ1v) is 6.35. The van der Waals surface area contributed by atoms with Gasteiger partial charge in [-0.15, -0.1) is 0 Å². The molecule has 2 heteroatoms. The lowest BCUT2D eigenvalue weighted by Crippen LogP contribution is -2.30. The third-order valence-electron chi connectivity index (χ3n) is 3.28. The molecule has 0 bridgehead atoms. The van der Waals surface area contributed by atoms with Gasteiger partial charge in [-0.25, -0.2) is 9.37 Å². The minimum atomic E-state index is -0.224. The molecule has 3 rings (SSSR count). The molecule has 0 spiro atoms. The normalized spacial score (nSPS) is 13.2. The van der Waals surface area contributed by atoms with Gasteiger partial charge in [0, 0.05) is 5.56 Å². The van der Waals surface area contributed by atoms with E-state index >= 15 is 0 Å². The zero-order valence-electron chi connectivity index (χ0n) is 10.7. The molecule has 1 heterocycles. The van der Waals surface area contributed by atoms with Crippen LogP contribution in [0.15, 0.2) is 42.5 Å². The Labute approximate surface area is 111 Å². The number of nitrogens with zero attached hydrogens (tertiary/aromatic N) is 1. The highest BCUT2D eigenvalue weighted by molar-refractivity contribution is 5.60. The summed E-state index contributed by atoms with van der Waals surface area (Å²) in [4.78, 5) is 4.67. The summed E-state index contributed by atoms with van der Waals surface area (Å²) in [5, 5.41) is 2.17. The van der Waals surface area contributed by atoms with Crippen LogP contribution in [0, 0.1) is 12.7 Å². The Kier molecular flexibility index (Phi) is 3.00. The molecule has 0 unspecified atom stereocenters. The van der Waals surface area contributed by atoms with Crippen molar-refractivity contribution >= 4 is 12.2 Å². The van der Waals surface area contributed by atoms with E-state index < -0.39 is 0 Å². The van der Waals surface area contributed by atoms with Crippen LogP contribution in [-0.2, 0) is 0 Å². The summed E-state index contributed by atoms with van der Waals surface area (Å²) in [7, 11) is 0. The fraction of sp³-hybridized carbons (Fsp3) is 0.118. The number of rotatable bonds is 1. The number of allylic oxidation sites excluding steroid dienone is 2. The maximum atomic E-state index is 13.0. The molecule has 0 amide bonds. The van der Waals surface area contributed by atoms with Crippen molar-refractivity contribution in [3.63, 3.8) is 0 Å². The standard InChI is InChI=1S/C17H14FN/c1-12-11-17(13-7-9-14(18)10-8-13)19-16-6-4-2-3-5-15(12)16/h2,4-11H,3H2,1H3. The van der Waals surface area contributed by atoms with Crippen LogP contribution in [0.3, 0.4) is 0 Å². The second kappa shape index (κ2) is 4.81. The summed E-state index contributed by atoms with van der Waals surface area (Å²) in [5.74, 6) is -0.224. The lowest BCUT2D eigenvalue weighted by molar-refractivity contribution is 0.628. The summed E-state index contributed by atoms with van der Waals surface area (Å²) in [6.45, 7) is 2.09. The van der Waals surface area contributed by atoms with E-state index in [0.717, 1.165) is 23.0 Å². The summed E-state index contributed by atoms with van der Waals surface area (Å²) in [6.07, 6.45) is 9.29. The van der Waals surface area contributed by atoms with Crippen LogP contribution in [-0.4, -0.2) is 4.98 Å². The maximum Gasteiger partial charge on any atom is 0.123 e. The Morgan fingerprint density at radius 3 is 2.74 bits per heavy atom. The Morgan fingerprint density at radius 2 is 1.95 bits per heavy atom. The minimum Gasteiger partial charge on any atom is -0.248 e. The molecular formula is C17H14FN. The van der Waals surface area contributed by atoms with Crippen molar-refractivity contribution in [2.24, 2.45) is 0 Å². The van der Waals surface area contributed by atoms with Gasteiger partial charge >= 0.3 is 0 Å². The number of hydrogen-bond acceptors (Lipinski definition) is 1. The number of aromatic nitrogens is 1. The van der Waals surface area contributed by atoms with Crippen molar-refractivity contribution in [2.45, 2.75) is 13.3 Å². The summed E-state index contributed by atoms with van der Waals surface area (Å²) in [5.41, 5.74) is 3.02. The first-order valence-electron chi connectivity index (χ1n) is 6.35. The van der Waals surface area contributed by atoms with Gasteiger partial charge in [-0.05, 0) is 60.5 Å². The van der Waals surface area contributed by atoms with E-state index in [-0.39, 0.29) is 5.82 Å². The Morgan fingerprint density at radius 1 is 1.16 bits per heavy atom. The van der Waals surface area contributed by atoms with Crippen LogP contribution >= 0.6 is 0 Å². The molecule has 1 nitrogen and oxygen atoms in total. The number of halogens is 1. The maximum absolute atomic E-state index is 13.0. The molecule has 0 N–H and O–H groups in total. The van der Waals surface area contributed by atoms with Crippen LogP contribution in [0.2, 0.25) is 0 Å². The first-order chi connectivity index (χ1) is 9.24. The Bertz CT molecular complexity index is 755. The topological polar surface area (TPSA) is 12.9 Å². The van der Waals surface area contributed by atoms with Crippen LogP contribution in [0.1, 0.15) is 12.0 Å². The van der Waals surface area contributed by atoms with E-state index in [1.807, 2.05) is 12.2 Å². The van der Waals surface area contributed by atoms with Gasteiger partial charge in [0.25, 0.3) is 0 Å². The van der Waals surface area contributed by atoms with Gasteiger partial charge in [0.15, 0.2) is 0 Å². The van der Waals surface area contributed by atoms with Crippen LogP contribution < -0.4 is 10.6 Å². The van der Waals surface area contributed by atoms with Gasteiger partial charge in [0.2, 0.25) is 0 Å². The third-order valence-corrected chi connectivity index (χ3v) is 3.28. The van der Waals surface area contributed by atoms with Crippen molar-refractivity contribution < 1.29 is 4.39 Å². The number of fused-ring (bicyclic) bond motifs is 1. The monoisotopic (exact) mass is 251 g/mol. The highest BCUT2D eigenvalue weighted by Gasteiger charge is 2.03. The molecule has 1 aromatic heterocycles. The molecule has 0 saturated carbocycles. The second-order valence-corrected chi connectivity index (χ2v) is 4.66. The summed E-state index contributed by atoms with van der Waals surface area (Å²) in [6, 6.07) is 8.52. The molecule has 2 aromatic rings. The molecular weight excluding hydrogens is 237 g/mol. The van der Waals surface area contributed by atoms with E-state index in [1.54, 1.807) is 12.1 Å². The molecule has 1 aromatic carbocycles. The summed E-state index contributed by atoms with van der Waals surface area (Å²) >= 11 is 0. The predicted octanol–water partition coefficient (Wildman–Crippen LogP) is 2.72. The summed E-state index contributed by atoms with van der Waals surface area (Å²) < 4.78 is 13.0. The Balaban J connectivity index is 2.22. The molecule has 1 aliphatic carbocycles. The van der Waals surface area contributed by atoms with Crippen LogP contribution in [0.5, 0.6) is 0 Å². The van der Waals surface area contributed by atoms with E-state index in [4.69, 9.17) is 0 Å². The highest BCUT2D eigenvalue weighted by Crippen LogP contribution is 2.16. The molecule has 0 saturated heterocycles. The lowest BCUT2D eigenvalue weighted by atomic mass is 10.1. The first kappa shape index (κ1) is 11.8. The second-order valence-electron chi connectivity index (χ2n) is 4.66. The van der Waals surface area contributed by atoms with Gasteiger partial charge < -0.3 is 0 Å². The van der Waals surface area contributed by atoms with Crippen molar-refractivity contribution in [2.75, 3.05) is 0 Å². The smallest absolute Gasteiger partial charge is 0.123 e. The molecule has 0 radical (unpaired) electrons. The molecule has 0 aliphatic heterocycles. The van der Waals surface area contributed by atoms with Gasteiger partial charge in [-0.3, -0.25) is 0 Å². The van der Waals surface area contributed by atoms with E-state index in [1.165, 1.54) is 22.9 Å². The van der Waals surface area contributed by atoms with Gasteiger partial charge in [0.05, 0.1) is 11.0 Å².